The predicted octanol–water partition coefficient (Wildman–Crippen LogP) is 1.34. The summed E-state index contributed by atoms with van der Waals surface area (Å²) in [5, 5.41) is 2.29. The summed E-state index contributed by atoms with van der Waals surface area (Å²) >= 11 is 0. The molecule has 0 aliphatic carbocycles. The number of fused-ring (bicyclic) bond motifs is 1. The van der Waals surface area contributed by atoms with Crippen LogP contribution in [0.1, 0.15) is 5.69 Å². The van der Waals surface area contributed by atoms with Gasteiger partial charge in [0, 0.05) is 11.9 Å². The number of hydrogen-bond donors (Lipinski definition) is 0. The van der Waals surface area contributed by atoms with Crippen molar-refractivity contribution >= 4 is 24.1 Å². The Balaban J connectivity index is 2.79. The van der Waals surface area contributed by atoms with Gasteiger partial charge in [-0.25, -0.2) is 0 Å². The SMILES string of the molecule is [B]c1ccc2cc(C)ncc2c1. The monoisotopic (exact) mass is 153 g/mol. The lowest BCUT2D eigenvalue weighted by atomic mass is 9.94. The van der Waals surface area contributed by atoms with Gasteiger partial charge in [0.05, 0.1) is 0 Å². The molecule has 0 spiro atoms. The van der Waals surface area contributed by atoms with Gasteiger partial charge in [0.15, 0.2) is 0 Å². The molecule has 0 unspecified atom stereocenters. The third-order valence-electron chi connectivity index (χ3n) is 1.88. The van der Waals surface area contributed by atoms with Crippen molar-refractivity contribution in [2.75, 3.05) is 0 Å². The van der Waals surface area contributed by atoms with Gasteiger partial charge in [-0.05, 0) is 23.8 Å². The average molecular weight is 153 g/mol. The summed E-state index contributed by atoms with van der Waals surface area (Å²) in [5.41, 5.74) is 1.82. The zero-order valence-corrected chi connectivity index (χ0v) is 6.91. The lowest BCUT2D eigenvalue weighted by Crippen LogP contribution is -1.99. The third-order valence-corrected chi connectivity index (χ3v) is 1.88. The van der Waals surface area contributed by atoms with Gasteiger partial charge in [-0.15, -0.1) is 0 Å². The number of rotatable bonds is 0. The molecule has 1 heterocycles. The van der Waals surface area contributed by atoms with Crippen LogP contribution in [-0.4, -0.2) is 12.8 Å². The molecule has 2 radical (unpaired) electrons. The fourth-order valence-electron chi connectivity index (χ4n) is 1.27. The summed E-state index contributed by atoms with van der Waals surface area (Å²) in [6.45, 7) is 1.98. The van der Waals surface area contributed by atoms with Gasteiger partial charge in [-0.2, -0.15) is 0 Å². The van der Waals surface area contributed by atoms with Crippen molar-refractivity contribution in [3.63, 3.8) is 0 Å². The van der Waals surface area contributed by atoms with Crippen molar-refractivity contribution in [2.24, 2.45) is 0 Å². The number of aryl methyl sites for hydroxylation is 1. The highest BCUT2D eigenvalue weighted by molar-refractivity contribution is 6.33. The second kappa shape index (κ2) is 2.63. The number of benzene rings is 1. The van der Waals surface area contributed by atoms with Crippen LogP contribution in [-0.2, 0) is 0 Å². The van der Waals surface area contributed by atoms with Crippen LogP contribution in [0, 0.1) is 6.92 Å². The van der Waals surface area contributed by atoms with E-state index in [1.807, 2.05) is 31.3 Å². The second-order valence-electron chi connectivity index (χ2n) is 2.93. The Hall–Kier alpha value is -1.31. The van der Waals surface area contributed by atoms with Crippen molar-refractivity contribution in [1.82, 2.24) is 4.98 Å². The fraction of sp³-hybridized carbons (Fsp3) is 0.100. The quantitative estimate of drug-likeness (QED) is 0.520. The van der Waals surface area contributed by atoms with Gasteiger partial charge in [0.1, 0.15) is 7.85 Å². The largest absolute Gasteiger partial charge is 0.261 e. The van der Waals surface area contributed by atoms with Gasteiger partial charge in [0.2, 0.25) is 0 Å². The number of aromatic nitrogens is 1. The number of hydrogen-bond acceptors (Lipinski definition) is 1. The molecule has 0 N–H and O–H groups in total. The molecule has 56 valence electrons. The number of pyridine rings is 1. The molecule has 0 bridgehead atoms. The standard InChI is InChI=1S/C10H8BN/c1-7-4-8-2-3-10(11)5-9(8)6-12-7/h2-6H,1H3. The van der Waals surface area contributed by atoms with Gasteiger partial charge in [-0.1, -0.05) is 23.7 Å². The maximum absolute atomic E-state index is 5.63. The molecule has 0 amide bonds. The van der Waals surface area contributed by atoms with Gasteiger partial charge >= 0.3 is 0 Å². The first-order chi connectivity index (χ1) is 5.75. The van der Waals surface area contributed by atoms with Crippen LogP contribution in [0.4, 0.5) is 0 Å². The Morgan fingerprint density at radius 2 is 2.00 bits per heavy atom. The first-order valence-corrected chi connectivity index (χ1v) is 3.87. The second-order valence-corrected chi connectivity index (χ2v) is 2.93. The molecule has 0 saturated heterocycles. The van der Waals surface area contributed by atoms with E-state index in [1.54, 1.807) is 0 Å². The summed E-state index contributed by atoms with van der Waals surface area (Å²) in [4.78, 5) is 4.19. The molecule has 1 aromatic carbocycles. The maximum Gasteiger partial charge on any atom is 0.113 e. The zero-order valence-electron chi connectivity index (χ0n) is 6.91. The van der Waals surface area contributed by atoms with E-state index in [2.05, 4.69) is 11.1 Å². The highest BCUT2D eigenvalue weighted by Gasteiger charge is 1.93. The molecular weight excluding hydrogens is 145 g/mol. The van der Waals surface area contributed by atoms with Crippen molar-refractivity contribution in [2.45, 2.75) is 6.92 Å². The summed E-state index contributed by atoms with van der Waals surface area (Å²) < 4.78 is 0. The van der Waals surface area contributed by atoms with Crippen molar-refractivity contribution in [3.05, 3.63) is 36.2 Å². The van der Waals surface area contributed by atoms with Crippen LogP contribution in [0.2, 0.25) is 0 Å². The van der Waals surface area contributed by atoms with Crippen LogP contribution in [0.15, 0.2) is 30.5 Å². The molecule has 2 rings (SSSR count). The summed E-state index contributed by atoms with van der Waals surface area (Å²) in [6.07, 6.45) is 1.85. The highest BCUT2D eigenvalue weighted by atomic mass is 14.6. The van der Waals surface area contributed by atoms with E-state index in [0.717, 1.165) is 16.5 Å². The zero-order chi connectivity index (χ0) is 8.55. The van der Waals surface area contributed by atoms with Crippen LogP contribution in [0.25, 0.3) is 10.8 Å². The lowest BCUT2D eigenvalue weighted by molar-refractivity contribution is 1.22. The molecule has 0 fully saturated rings. The lowest BCUT2D eigenvalue weighted by Gasteiger charge is -1.99. The Morgan fingerprint density at radius 1 is 1.17 bits per heavy atom. The first-order valence-electron chi connectivity index (χ1n) is 3.87. The summed E-state index contributed by atoms with van der Waals surface area (Å²) in [5.74, 6) is 0. The Bertz CT molecular complexity index is 382. The molecule has 0 aliphatic heterocycles. The summed E-state index contributed by atoms with van der Waals surface area (Å²) in [6, 6.07) is 7.90. The van der Waals surface area contributed by atoms with E-state index in [1.165, 1.54) is 5.39 Å². The van der Waals surface area contributed by atoms with Gasteiger partial charge < -0.3 is 0 Å². The van der Waals surface area contributed by atoms with Gasteiger partial charge in [0.25, 0.3) is 0 Å². The van der Waals surface area contributed by atoms with E-state index in [9.17, 15) is 0 Å². The minimum atomic E-state index is 0.785. The van der Waals surface area contributed by atoms with Crippen LogP contribution in [0.3, 0.4) is 0 Å². The normalized spacial score (nSPS) is 10.4. The minimum absolute atomic E-state index is 0.785. The Kier molecular flexibility index (Phi) is 1.61. The van der Waals surface area contributed by atoms with Crippen LogP contribution >= 0.6 is 0 Å². The predicted molar refractivity (Wildman–Crippen MR) is 51.9 cm³/mol. The van der Waals surface area contributed by atoms with Gasteiger partial charge in [-0.3, -0.25) is 4.98 Å². The first kappa shape index (κ1) is 7.35. The van der Waals surface area contributed by atoms with E-state index in [0.29, 0.717) is 0 Å². The molecule has 0 atom stereocenters. The smallest absolute Gasteiger partial charge is 0.113 e. The highest BCUT2D eigenvalue weighted by Crippen LogP contribution is 2.11. The topological polar surface area (TPSA) is 12.9 Å². The number of nitrogens with zero attached hydrogens (tertiary/aromatic N) is 1. The molecule has 0 aliphatic rings. The third kappa shape index (κ3) is 1.20. The Morgan fingerprint density at radius 3 is 2.83 bits per heavy atom. The molecule has 2 aromatic rings. The maximum atomic E-state index is 5.63. The molecule has 2 heteroatoms. The average Bonchev–Trinajstić information content (AvgIpc) is 2.05. The molecule has 1 nitrogen and oxygen atoms in total. The fourth-order valence-corrected chi connectivity index (χ4v) is 1.27. The van der Waals surface area contributed by atoms with E-state index >= 15 is 0 Å². The summed E-state index contributed by atoms with van der Waals surface area (Å²) in [7, 11) is 5.63. The van der Waals surface area contributed by atoms with E-state index in [4.69, 9.17) is 7.85 Å². The van der Waals surface area contributed by atoms with Crippen LogP contribution < -0.4 is 5.46 Å². The molecule has 12 heavy (non-hydrogen) atoms. The minimum Gasteiger partial charge on any atom is -0.261 e. The van der Waals surface area contributed by atoms with Crippen LogP contribution in [0.5, 0.6) is 0 Å². The molecular formula is C10H8BN. The Labute approximate surface area is 72.8 Å². The molecule has 0 saturated carbocycles. The van der Waals surface area contributed by atoms with Crippen molar-refractivity contribution < 1.29 is 0 Å². The van der Waals surface area contributed by atoms with E-state index < -0.39 is 0 Å². The molecule has 1 aromatic heterocycles. The van der Waals surface area contributed by atoms with Crippen molar-refractivity contribution in [3.8, 4) is 0 Å². The van der Waals surface area contributed by atoms with Crippen molar-refractivity contribution in [1.29, 1.82) is 0 Å². The van der Waals surface area contributed by atoms with E-state index in [-0.39, 0.29) is 0 Å².